The van der Waals surface area contributed by atoms with E-state index in [1.807, 2.05) is 35.7 Å². The highest BCUT2D eigenvalue weighted by Crippen LogP contribution is 2.30. The summed E-state index contributed by atoms with van der Waals surface area (Å²) in [4.78, 5) is 21.0. The van der Waals surface area contributed by atoms with Gasteiger partial charge in [-0.05, 0) is 67.8 Å². The molecule has 30 heavy (non-hydrogen) atoms. The minimum absolute atomic E-state index is 0.128. The molecule has 1 fully saturated rings. The van der Waals surface area contributed by atoms with Crippen LogP contribution in [-0.4, -0.2) is 33.6 Å². The quantitative estimate of drug-likeness (QED) is 0.532. The molecule has 6 nitrogen and oxygen atoms in total. The zero-order valence-corrected chi connectivity index (χ0v) is 17.6. The number of aromatic nitrogens is 3. The van der Waals surface area contributed by atoms with Gasteiger partial charge in [0.15, 0.2) is 0 Å². The number of ether oxygens (including phenoxy) is 1. The molecule has 5 rings (SSSR count). The van der Waals surface area contributed by atoms with Crippen molar-refractivity contribution in [2.75, 3.05) is 18.5 Å². The van der Waals surface area contributed by atoms with Gasteiger partial charge in [-0.15, -0.1) is 0 Å². The summed E-state index contributed by atoms with van der Waals surface area (Å²) in [6.07, 6.45) is 4.38. The Morgan fingerprint density at radius 3 is 2.90 bits per heavy atom. The van der Waals surface area contributed by atoms with E-state index in [2.05, 4.69) is 36.3 Å². The molecule has 4 aromatic rings. The lowest BCUT2D eigenvalue weighted by Gasteiger charge is -2.13. The van der Waals surface area contributed by atoms with Gasteiger partial charge >= 0.3 is 0 Å². The summed E-state index contributed by atoms with van der Waals surface area (Å²) in [7, 11) is 0. The van der Waals surface area contributed by atoms with Crippen LogP contribution in [0.25, 0.3) is 27.8 Å². The molecule has 3 aromatic heterocycles. The van der Waals surface area contributed by atoms with E-state index in [1.54, 1.807) is 0 Å². The Hall–Kier alpha value is -3.12. The Balaban J connectivity index is 1.67. The molecule has 0 spiro atoms. The van der Waals surface area contributed by atoms with Crippen LogP contribution in [0.15, 0.2) is 41.3 Å². The number of aryl methyl sites for hydroxylation is 3. The van der Waals surface area contributed by atoms with E-state index in [1.165, 1.54) is 0 Å². The standard InChI is InChI=1S/C24H26N4O2/c1-14-6-9-20-26-22(23(28(20)13-14)25-12-18-5-4-10-30-18)19-11-17-8-7-15(2)16(3)21(17)27-24(19)29/h6-9,11,13,18,25H,4-5,10,12H2,1-3H3,(H,27,29)/t18-/m1/s1. The molecule has 0 aliphatic carbocycles. The highest BCUT2D eigenvalue weighted by molar-refractivity contribution is 5.88. The van der Waals surface area contributed by atoms with Gasteiger partial charge in [-0.1, -0.05) is 18.2 Å². The normalized spacial score (nSPS) is 16.6. The largest absolute Gasteiger partial charge is 0.376 e. The lowest BCUT2D eigenvalue weighted by atomic mass is 10.0. The van der Waals surface area contributed by atoms with Gasteiger partial charge in [-0.25, -0.2) is 4.98 Å². The first-order chi connectivity index (χ1) is 14.5. The number of aromatic amines is 1. The van der Waals surface area contributed by atoms with Crippen LogP contribution in [0.2, 0.25) is 0 Å². The van der Waals surface area contributed by atoms with Crippen molar-refractivity contribution in [3.63, 3.8) is 0 Å². The SMILES string of the molecule is Cc1ccc2nc(-c3cc4ccc(C)c(C)c4[nH]c3=O)c(NC[C@H]3CCCO3)n2c1. The summed E-state index contributed by atoms with van der Waals surface area (Å²) in [6.45, 7) is 7.65. The number of nitrogens with one attached hydrogen (secondary N) is 2. The summed E-state index contributed by atoms with van der Waals surface area (Å²) in [5.41, 5.74) is 6.19. The van der Waals surface area contributed by atoms with E-state index in [4.69, 9.17) is 9.72 Å². The Kier molecular flexibility index (Phi) is 4.59. The van der Waals surface area contributed by atoms with Crippen molar-refractivity contribution in [1.29, 1.82) is 0 Å². The third kappa shape index (κ3) is 3.17. The predicted molar refractivity (Wildman–Crippen MR) is 120 cm³/mol. The number of H-pyrrole nitrogens is 1. The number of nitrogens with zero attached hydrogens (tertiary/aromatic N) is 2. The van der Waals surface area contributed by atoms with Crippen molar-refractivity contribution in [2.45, 2.75) is 39.7 Å². The van der Waals surface area contributed by atoms with Gasteiger partial charge in [-0.3, -0.25) is 9.20 Å². The molecule has 1 aliphatic heterocycles. The third-order valence-electron chi connectivity index (χ3n) is 6.09. The van der Waals surface area contributed by atoms with Crippen molar-refractivity contribution in [3.8, 4) is 11.3 Å². The Labute approximate surface area is 174 Å². The van der Waals surface area contributed by atoms with Gasteiger partial charge < -0.3 is 15.0 Å². The summed E-state index contributed by atoms with van der Waals surface area (Å²) < 4.78 is 7.81. The number of anilines is 1. The first-order valence-corrected chi connectivity index (χ1v) is 10.5. The van der Waals surface area contributed by atoms with Gasteiger partial charge in [0.05, 0.1) is 17.2 Å². The lowest BCUT2D eigenvalue weighted by molar-refractivity contribution is 0.120. The van der Waals surface area contributed by atoms with Gasteiger partial charge in [0, 0.05) is 19.3 Å². The van der Waals surface area contributed by atoms with Crippen molar-refractivity contribution >= 4 is 22.4 Å². The van der Waals surface area contributed by atoms with E-state index in [9.17, 15) is 4.79 Å². The second kappa shape index (κ2) is 7.29. The Bertz CT molecular complexity index is 1310. The molecule has 2 N–H and O–H groups in total. The molecule has 1 saturated heterocycles. The number of imidazole rings is 1. The molecule has 1 aliphatic rings. The number of rotatable bonds is 4. The van der Waals surface area contributed by atoms with Crippen LogP contribution in [0.5, 0.6) is 0 Å². The molecule has 4 heterocycles. The maximum Gasteiger partial charge on any atom is 0.258 e. The number of hydrogen-bond donors (Lipinski definition) is 2. The molecule has 1 aromatic carbocycles. The van der Waals surface area contributed by atoms with Crippen molar-refractivity contribution in [3.05, 3.63) is 63.6 Å². The maximum absolute atomic E-state index is 13.1. The molecule has 1 atom stereocenters. The minimum Gasteiger partial charge on any atom is -0.376 e. The maximum atomic E-state index is 13.1. The van der Waals surface area contributed by atoms with Crippen LogP contribution >= 0.6 is 0 Å². The van der Waals surface area contributed by atoms with Gasteiger partial charge in [0.25, 0.3) is 5.56 Å². The highest BCUT2D eigenvalue weighted by Gasteiger charge is 2.21. The topological polar surface area (TPSA) is 71.4 Å². The zero-order valence-electron chi connectivity index (χ0n) is 17.6. The van der Waals surface area contributed by atoms with Crippen LogP contribution in [0.3, 0.4) is 0 Å². The number of fused-ring (bicyclic) bond motifs is 2. The Morgan fingerprint density at radius 1 is 1.23 bits per heavy atom. The zero-order chi connectivity index (χ0) is 20.8. The van der Waals surface area contributed by atoms with Crippen LogP contribution in [0.4, 0.5) is 5.82 Å². The average Bonchev–Trinajstić information content (AvgIpc) is 3.37. The van der Waals surface area contributed by atoms with Crippen molar-refractivity contribution < 1.29 is 4.74 Å². The molecule has 0 saturated carbocycles. The molecule has 6 heteroatoms. The lowest BCUT2D eigenvalue weighted by Crippen LogP contribution is -2.20. The second-order valence-corrected chi connectivity index (χ2v) is 8.24. The van der Waals surface area contributed by atoms with Crippen molar-refractivity contribution in [2.24, 2.45) is 0 Å². The average molecular weight is 402 g/mol. The summed E-state index contributed by atoms with van der Waals surface area (Å²) in [5.74, 6) is 0.831. The Morgan fingerprint density at radius 2 is 2.10 bits per heavy atom. The number of hydrogen-bond acceptors (Lipinski definition) is 4. The minimum atomic E-state index is -0.128. The van der Waals surface area contributed by atoms with Crippen molar-refractivity contribution in [1.82, 2.24) is 14.4 Å². The first-order valence-electron chi connectivity index (χ1n) is 10.5. The molecule has 154 valence electrons. The summed E-state index contributed by atoms with van der Waals surface area (Å²) in [6, 6.07) is 10.1. The molecule has 0 radical (unpaired) electrons. The molecular formula is C24H26N4O2. The van der Waals surface area contributed by atoms with Gasteiger partial charge in [0.2, 0.25) is 0 Å². The monoisotopic (exact) mass is 402 g/mol. The van der Waals surface area contributed by atoms with E-state index in [0.717, 1.165) is 58.5 Å². The van der Waals surface area contributed by atoms with Crippen LogP contribution in [-0.2, 0) is 4.74 Å². The molecular weight excluding hydrogens is 376 g/mol. The summed E-state index contributed by atoms with van der Waals surface area (Å²) in [5, 5.41) is 4.53. The van der Waals surface area contributed by atoms with Crippen LogP contribution < -0.4 is 10.9 Å². The number of benzene rings is 1. The van der Waals surface area contributed by atoms with E-state index >= 15 is 0 Å². The van der Waals surface area contributed by atoms with Gasteiger partial charge in [0.1, 0.15) is 17.2 Å². The molecule has 0 unspecified atom stereocenters. The third-order valence-corrected chi connectivity index (χ3v) is 6.09. The fraction of sp³-hybridized carbons (Fsp3) is 0.333. The van der Waals surface area contributed by atoms with Crippen LogP contribution in [0, 0.1) is 20.8 Å². The first kappa shape index (κ1) is 18.9. The second-order valence-electron chi connectivity index (χ2n) is 8.24. The van der Waals surface area contributed by atoms with Crippen LogP contribution in [0.1, 0.15) is 29.5 Å². The van der Waals surface area contributed by atoms with E-state index in [0.29, 0.717) is 17.8 Å². The number of pyridine rings is 2. The molecule has 0 bridgehead atoms. The predicted octanol–water partition coefficient (Wildman–Crippen LogP) is 4.36. The smallest absolute Gasteiger partial charge is 0.258 e. The van der Waals surface area contributed by atoms with E-state index < -0.39 is 0 Å². The highest BCUT2D eigenvalue weighted by atomic mass is 16.5. The van der Waals surface area contributed by atoms with Gasteiger partial charge in [-0.2, -0.15) is 0 Å². The summed E-state index contributed by atoms with van der Waals surface area (Å²) >= 11 is 0. The fourth-order valence-electron chi connectivity index (χ4n) is 4.22. The van der Waals surface area contributed by atoms with E-state index in [-0.39, 0.29) is 11.7 Å². The fourth-order valence-corrected chi connectivity index (χ4v) is 4.22. The molecule has 0 amide bonds.